The summed E-state index contributed by atoms with van der Waals surface area (Å²) in [6.45, 7) is 4.31. The summed E-state index contributed by atoms with van der Waals surface area (Å²) in [5, 5.41) is 7.95. The molecule has 0 aliphatic heterocycles. The molecule has 1 unspecified atom stereocenters. The first-order chi connectivity index (χ1) is 9.15. The summed E-state index contributed by atoms with van der Waals surface area (Å²) in [6, 6.07) is 11.1. The standard InChI is InChI=1S/C16H23N3/c1-5-14-11-16(19(4)18-14)15(17-3)10-13-9-7-6-8-12(13)2/h6-9,11,15,17H,5,10H2,1-4H3. The average molecular weight is 257 g/mol. The molecule has 3 nitrogen and oxygen atoms in total. The summed E-state index contributed by atoms with van der Waals surface area (Å²) in [5.41, 5.74) is 5.15. The summed E-state index contributed by atoms with van der Waals surface area (Å²) >= 11 is 0. The smallest absolute Gasteiger partial charge is 0.0625 e. The molecule has 0 aliphatic carbocycles. The molecule has 1 atom stereocenters. The molecule has 0 radical (unpaired) electrons. The Morgan fingerprint density at radius 3 is 2.63 bits per heavy atom. The zero-order chi connectivity index (χ0) is 13.8. The van der Waals surface area contributed by atoms with Crippen LogP contribution in [-0.2, 0) is 19.9 Å². The van der Waals surface area contributed by atoms with E-state index in [-0.39, 0.29) is 0 Å². The number of aryl methyl sites for hydroxylation is 3. The van der Waals surface area contributed by atoms with Crippen LogP contribution in [0, 0.1) is 6.92 Å². The third kappa shape index (κ3) is 3.04. The summed E-state index contributed by atoms with van der Waals surface area (Å²) in [7, 11) is 4.04. The van der Waals surface area contributed by atoms with Gasteiger partial charge in [-0.15, -0.1) is 0 Å². The summed E-state index contributed by atoms with van der Waals surface area (Å²) in [6.07, 6.45) is 1.97. The molecule has 19 heavy (non-hydrogen) atoms. The van der Waals surface area contributed by atoms with E-state index in [0.717, 1.165) is 18.5 Å². The van der Waals surface area contributed by atoms with Crippen LogP contribution in [0.5, 0.6) is 0 Å². The minimum Gasteiger partial charge on any atom is -0.311 e. The van der Waals surface area contributed by atoms with Crippen LogP contribution in [0.4, 0.5) is 0 Å². The van der Waals surface area contributed by atoms with E-state index in [0.29, 0.717) is 6.04 Å². The van der Waals surface area contributed by atoms with Crippen molar-refractivity contribution in [3.05, 3.63) is 52.8 Å². The van der Waals surface area contributed by atoms with E-state index < -0.39 is 0 Å². The Morgan fingerprint density at radius 2 is 2.05 bits per heavy atom. The highest BCUT2D eigenvalue weighted by atomic mass is 15.3. The topological polar surface area (TPSA) is 29.9 Å². The highest BCUT2D eigenvalue weighted by Gasteiger charge is 2.16. The van der Waals surface area contributed by atoms with Gasteiger partial charge in [0.15, 0.2) is 0 Å². The van der Waals surface area contributed by atoms with Gasteiger partial charge in [0.05, 0.1) is 17.4 Å². The molecule has 2 aromatic rings. The second kappa shape index (κ2) is 6.02. The minimum absolute atomic E-state index is 0.305. The maximum Gasteiger partial charge on any atom is 0.0625 e. The number of rotatable bonds is 5. The van der Waals surface area contributed by atoms with Gasteiger partial charge in [0.25, 0.3) is 0 Å². The molecule has 1 N–H and O–H groups in total. The van der Waals surface area contributed by atoms with Crippen molar-refractivity contribution in [2.75, 3.05) is 7.05 Å². The van der Waals surface area contributed by atoms with E-state index in [1.807, 2.05) is 18.8 Å². The molecule has 3 heteroatoms. The van der Waals surface area contributed by atoms with Crippen LogP contribution in [-0.4, -0.2) is 16.8 Å². The molecule has 0 bridgehead atoms. The first-order valence-corrected chi connectivity index (χ1v) is 6.90. The monoisotopic (exact) mass is 257 g/mol. The Labute approximate surface area is 115 Å². The van der Waals surface area contributed by atoms with Gasteiger partial charge in [0.1, 0.15) is 0 Å². The van der Waals surface area contributed by atoms with Crippen LogP contribution in [0.15, 0.2) is 30.3 Å². The van der Waals surface area contributed by atoms with Gasteiger partial charge in [0, 0.05) is 7.05 Å². The van der Waals surface area contributed by atoms with E-state index >= 15 is 0 Å². The molecule has 0 spiro atoms. The molecule has 0 fully saturated rings. The molecule has 0 aliphatic rings. The van der Waals surface area contributed by atoms with Gasteiger partial charge in [-0.1, -0.05) is 31.2 Å². The maximum absolute atomic E-state index is 4.54. The third-order valence-corrected chi connectivity index (χ3v) is 3.72. The molecule has 1 heterocycles. The molecular weight excluding hydrogens is 234 g/mol. The van der Waals surface area contributed by atoms with Crippen LogP contribution in [0.2, 0.25) is 0 Å². The maximum atomic E-state index is 4.54. The largest absolute Gasteiger partial charge is 0.311 e. The number of nitrogens with one attached hydrogen (secondary N) is 1. The Bertz CT molecular complexity index is 543. The number of hydrogen-bond acceptors (Lipinski definition) is 2. The van der Waals surface area contributed by atoms with Gasteiger partial charge in [-0.05, 0) is 44.0 Å². The lowest BCUT2D eigenvalue weighted by molar-refractivity contribution is 0.536. The van der Waals surface area contributed by atoms with Crippen LogP contribution < -0.4 is 5.32 Å². The van der Waals surface area contributed by atoms with Gasteiger partial charge < -0.3 is 5.32 Å². The van der Waals surface area contributed by atoms with Crippen molar-refractivity contribution in [1.29, 1.82) is 0 Å². The molecule has 1 aromatic heterocycles. The van der Waals surface area contributed by atoms with E-state index in [1.54, 1.807) is 0 Å². The van der Waals surface area contributed by atoms with E-state index in [4.69, 9.17) is 0 Å². The molecule has 0 saturated heterocycles. The summed E-state index contributed by atoms with van der Waals surface area (Å²) < 4.78 is 2.00. The molecule has 2 rings (SSSR count). The zero-order valence-corrected chi connectivity index (χ0v) is 12.3. The Morgan fingerprint density at radius 1 is 1.32 bits per heavy atom. The summed E-state index contributed by atoms with van der Waals surface area (Å²) in [5.74, 6) is 0. The van der Waals surface area contributed by atoms with Crippen molar-refractivity contribution in [3.63, 3.8) is 0 Å². The van der Waals surface area contributed by atoms with E-state index in [2.05, 4.69) is 54.6 Å². The Balaban J connectivity index is 2.25. The SMILES string of the molecule is CCc1cc(C(Cc2ccccc2C)NC)n(C)n1. The van der Waals surface area contributed by atoms with Gasteiger partial charge in [-0.3, -0.25) is 4.68 Å². The fourth-order valence-corrected chi connectivity index (χ4v) is 2.46. The normalized spacial score (nSPS) is 12.6. The summed E-state index contributed by atoms with van der Waals surface area (Å²) in [4.78, 5) is 0. The number of aromatic nitrogens is 2. The van der Waals surface area contributed by atoms with Gasteiger partial charge in [0.2, 0.25) is 0 Å². The lowest BCUT2D eigenvalue weighted by atomic mass is 9.99. The Kier molecular flexibility index (Phi) is 4.38. The van der Waals surface area contributed by atoms with Crippen molar-refractivity contribution in [3.8, 4) is 0 Å². The number of likely N-dealkylation sites (N-methyl/N-ethyl adjacent to an activating group) is 1. The van der Waals surface area contributed by atoms with Gasteiger partial charge in [-0.2, -0.15) is 5.10 Å². The van der Waals surface area contributed by atoms with Crippen molar-refractivity contribution in [2.24, 2.45) is 7.05 Å². The van der Waals surface area contributed by atoms with Crippen molar-refractivity contribution < 1.29 is 0 Å². The van der Waals surface area contributed by atoms with Crippen molar-refractivity contribution >= 4 is 0 Å². The average Bonchev–Trinajstić information content (AvgIpc) is 2.79. The predicted molar refractivity (Wildman–Crippen MR) is 79.3 cm³/mol. The highest BCUT2D eigenvalue weighted by molar-refractivity contribution is 5.28. The highest BCUT2D eigenvalue weighted by Crippen LogP contribution is 2.20. The molecular formula is C16H23N3. The predicted octanol–water partition coefficient (Wildman–Crippen LogP) is 2.79. The molecule has 0 amide bonds. The second-order valence-corrected chi connectivity index (χ2v) is 5.01. The zero-order valence-electron chi connectivity index (χ0n) is 12.3. The van der Waals surface area contributed by atoms with Gasteiger partial charge in [-0.25, -0.2) is 0 Å². The number of hydrogen-bond donors (Lipinski definition) is 1. The number of benzene rings is 1. The van der Waals surface area contributed by atoms with E-state index in [9.17, 15) is 0 Å². The van der Waals surface area contributed by atoms with Crippen LogP contribution in [0.1, 0.15) is 35.5 Å². The fraction of sp³-hybridized carbons (Fsp3) is 0.438. The van der Waals surface area contributed by atoms with Crippen molar-refractivity contribution in [2.45, 2.75) is 32.7 Å². The molecule has 1 aromatic carbocycles. The number of nitrogens with zero attached hydrogens (tertiary/aromatic N) is 2. The fourth-order valence-electron chi connectivity index (χ4n) is 2.46. The lowest BCUT2D eigenvalue weighted by Gasteiger charge is -2.17. The van der Waals surface area contributed by atoms with Crippen LogP contribution in [0.25, 0.3) is 0 Å². The Hall–Kier alpha value is -1.61. The molecule has 0 saturated carbocycles. The first kappa shape index (κ1) is 13.8. The second-order valence-electron chi connectivity index (χ2n) is 5.01. The first-order valence-electron chi connectivity index (χ1n) is 6.90. The minimum atomic E-state index is 0.305. The van der Waals surface area contributed by atoms with Crippen LogP contribution >= 0.6 is 0 Å². The van der Waals surface area contributed by atoms with Crippen molar-refractivity contribution in [1.82, 2.24) is 15.1 Å². The quantitative estimate of drug-likeness (QED) is 0.892. The molecule has 102 valence electrons. The lowest BCUT2D eigenvalue weighted by Crippen LogP contribution is -2.22. The third-order valence-electron chi connectivity index (χ3n) is 3.72. The van der Waals surface area contributed by atoms with Gasteiger partial charge >= 0.3 is 0 Å². The van der Waals surface area contributed by atoms with E-state index in [1.165, 1.54) is 16.8 Å². The van der Waals surface area contributed by atoms with Crippen LogP contribution in [0.3, 0.4) is 0 Å².